The Morgan fingerprint density at radius 3 is 1.89 bits per heavy atom. The summed E-state index contributed by atoms with van der Waals surface area (Å²) in [6.07, 6.45) is 8.81. The number of halogens is 3. The fraction of sp³-hybridized carbons (Fsp3) is 0.250. The predicted molar refractivity (Wildman–Crippen MR) is 177 cm³/mol. The summed E-state index contributed by atoms with van der Waals surface area (Å²) in [6.45, 7) is 0. The average Bonchev–Trinajstić information content (AvgIpc) is 3.43. The molecule has 0 saturated heterocycles. The van der Waals surface area contributed by atoms with Gasteiger partial charge in [0.05, 0.1) is 10.9 Å². The van der Waals surface area contributed by atoms with Crippen LogP contribution in [0.5, 0.6) is 0 Å². The van der Waals surface area contributed by atoms with E-state index >= 15 is 0 Å². The summed E-state index contributed by atoms with van der Waals surface area (Å²) in [4.78, 5) is 8.18. The van der Waals surface area contributed by atoms with Crippen LogP contribution in [0.1, 0.15) is 53.5 Å². The average molecular weight is 649 g/mol. The highest BCUT2D eigenvalue weighted by atomic mass is 35.5. The summed E-state index contributed by atoms with van der Waals surface area (Å²) in [5.74, 6) is 7.54. The van der Waals surface area contributed by atoms with E-state index in [0.717, 1.165) is 56.0 Å². The minimum atomic E-state index is -0.579. The van der Waals surface area contributed by atoms with E-state index in [9.17, 15) is 8.78 Å². The van der Waals surface area contributed by atoms with Crippen molar-refractivity contribution in [2.75, 3.05) is 16.4 Å². The number of hydrazine groups is 1. The predicted octanol–water partition coefficient (Wildman–Crippen LogP) is 5.66. The van der Waals surface area contributed by atoms with Crippen molar-refractivity contribution in [3.8, 4) is 6.07 Å². The first kappa shape index (κ1) is 34.0. The number of nitrogens with zero attached hydrogens (tertiary/aromatic N) is 4. The van der Waals surface area contributed by atoms with Crippen molar-refractivity contribution >= 4 is 51.5 Å². The second kappa shape index (κ2) is 15.4. The van der Waals surface area contributed by atoms with Gasteiger partial charge in [-0.25, -0.2) is 18.7 Å². The highest BCUT2D eigenvalue weighted by Gasteiger charge is 2.17. The Balaban J connectivity index is 0.000000194. The number of rotatable bonds is 4. The molecule has 46 heavy (non-hydrogen) atoms. The Morgan fingerprint density at radius 2 is 1.33 bits per heavy atom. The molecule has 11 N–H and O–H groups in total. The van der Waals surface area contributed by atoms with Gasteiger partial charge in [0.25, 0.3) is 0 Å². The monoisotopic (exact) mass is 648 g/mol. The van der Waals surface area contributed by atoms with Crippen LogP contribution in [0.25, 0.3) is 11.0 Å². The Hall–Kier alpha value is -4.87. The quantitative estimate of drug-likeness (QED) is 0.0804. The molecule has 7 rings (SSSR count). The van der Waals surface area contributed by atoms with Gasteiger partial charge in [-0.15, -0.1) is 0 Å². The summed E-state index contributed by atoms with van der Waals surface area (Å²) >= 11 is 5.87. The van der Waals surface area contributed by atoms with E-state index in [1.165, 1.54) is 41.2 Å². The van der Waals surface area contributed by atoms with E-state index in [-0.39, 0.29) is 27.8 Å². The number of nitrogens with one attached hydrogen (secondary N) is 3. The van der Waals surface area contributed by atoms with Crippen molar-refractivity contribution in [3.63, 3.8) is 0 Å². The van der Waals surface area contributed by atoms with Crippen LogP contribution >= 0.6 is 11.6 Å². The molecule has 0 fully saturated rings. The van der Waals surface area contributed by atoms with E-state index in [1.54, 1.807) is 0 Å². The minimum Gasteiger partial charge on any atom is -0.412 e. The summed E-state index contributed by atoms with van der Waals surface area (Å²) < 4.78 is 28.3. The van der Waals surface area contributed by atoms with Crippen LogP contribution in [0.3, 0.4) is 0 Å². The Morgan fingerprint density at radius 1 is 0.804 bits per heavy atom. The summed E-state index contributed by atoms with van der Waals surface area (Å²) in [5.41, 5.74) is 13.0. The molecular formula is C32H35ClF2N10O. The third-order valence-corrected chi connectivity index (χ3v) is 8.16. The fourth-order valence-electron chi connectivity index (χ4n) is 5.71. The number of hydrogen-bond acceptors (Lipinski definition) is 9. The first-order chi connectivity index (χ1) is 21.9. The molecule has 11 nitrogen and oxygen atoms in total. The minimum absolute atomic E-state index is 0. The van der Waals surface area contributed by atoms with Gasteiger partial charge in [-0.2, -0.15) is 10.4 Å². The van der Waals surface area contributed by atoms with Crippen LogP contribution in [-0.2, 0) is 25.7 Å². The Kier molecular flexibility index (Phi) is 11.4. The molecule has 2 aromatic carbocycles. The Labute approximate surface area is 269 Å². The number of pyridine rings is 2. The molecule has 0 spiro atoms. The first-order valence-electron chi connectivity index (χ1n) is 14.6. The molecule has 0 bridgehead atoms. The van der Waals surface area contributed by atoms with Gasteiger partial charge in [0.1, 0.15) is 17.0 Å². The highest BCUT2D eigenvalue weighted by molar-refractivity contribution is 6.30. The first-order valence-corrected chi connectivity index (χ1v) is 14.9. The van der Waals surface area contributed by atoms with Crippen LogP contribution in [0, 0.1) is 23.0 Å². The number of aromatic nitrogens is 4. The van der Waals surface area contributed by atoms with Crippen LogP contribution in [0.2, 0.25) is 5.15 Å². The number of nitrogen functional groups attached to an aromatic ring is 1. The van der Waals surface area contributed by atoms with Crippen LogP contribution in [0.4, 0.5) is 37.6 Å². The van der Waals surface area contributed by atoms with Crippen LogP contribution in [-0.4, -0.2) is 25.6 Å². The van der Waals surface area contributed by atoms with Gasteiger partial charge in [0.2, 0.25) is 0 Å². The van der Waals surface area contributed by atoms with Gasteiger partial charge in [-0.1, -0.05) is 35.9 Å². The van der Waals surface area contributed by atoms with E-state index in [1.807, 2.05) is 30.3 Å². The molecule has 0 atom stereocenters. The van der Waals surface area contributed by atoms with Gasteiger partial charge < -0.3 is 21.8 Å². The number of nitriles is 1. The summed E-state index contributed by atoms with van der Waals surface area (Å²) in [7, 11) is 0. The maximum absolute atomic E-state index is 14.3. The highest BCUT2D eigenvalue weighted by Crippen LogP contribution is 2.32. The molecule has 0 aliphatic heterocycles. The third kappa shape index (κ3) is 7.32. The Bertz CT molecular complexity index is 1870. The summed E-state index contributed by atoms with van der Waals surface area (Å²) in [6, 6.07) is 16.4. The van der Waals surface area contributed by atoms with Crippen molar-refractivity contribution in [1.29, 1.82) is 5.26 Å². The number of H-pyrrole nitrogens is 1. The number of anilines is 5. The van der Waals surface area contributed by atoms with E-state index in [0.29, 0.717) is 16.9 Å². The molecule has 2 aliphatic rings. The molecule has 3 aromatic heterocycles. The van der Waals surface area contributed by atoms with Crippen LogP contribution < -0.4 is 28.1 Å². The second-order valence-corrected chi connectivity index (χ2v) is 11.0. The van der Waals surface area contributed by atoms with Crippen molar-refractivity contribution in [2.45, 2.75) is 51.4 Å². The number of aromatic amines is 1. The lowest BCUT2D eigenvalue weighted by atomic mass is 9.90. The molecule has 14 heteroatoms. The number of aryl methyl sites for hydroxylation is 2. The normalized spacial score (nSPS) is 13.0. The van der Waals surface area contributed by atoms with Crippen molar-refractivity contribution in [1.82, 2.24) is 20.2 Å². The lowest BCUT2D eigenvalue weighted by Crippen LogP contribution is -2.07. The zero-order valence-corrected chi connectivity index (χ0v) is 25.7. The fourth-order valence-corrected chi connectivity index (χ4v) is 5.89. The van der Waals surface area contributed by atoms with Gasteiger partial charge in [-0.05, 0) is 97.9 Å². The second-order valence-electron chi connectivity index (χ2n) is 10.6. The molecule has 0 saturated carbocycles. The molecular weight excluding hydrogens is 614 g/mol. The van der Waals surface area contributed by atoms with Gasteiger partial charge in [0, 0.05) is 11.4 Å². The molecule has 0 amide bonds. The zero-order chi connectivity index (χ0) is 31.9. The van der Waals surface area contributed by atoms with Crippen molar-refractivity contribution in [2.24, 2.45) is 11.7 Å². The largest absolute Gasteiger partial charge is 0.412 e. The topological polar surface area (TPSA) is 212 Å². The van der Waals surface area contributed by atoms with Gasteiger partial charge in [0.15, 0.2) is 28.9 Å². The van der Waals surface area contributed by atoms with E-state index in [2.05, 4.69) is 54.6 Å². The summed E-state index contributed by atoms with van der Waals surface area (Å²) in [5, 5.41) is 22.1. The molecule has 3 heterocycles. The third-order valence-electron chi connectivity index (χ3n) is 7.88. The van der Waals surface area contributed by atoms with Gasteiger partial charge in [-0.3, -0.25) is 16.8 Å². The van der Waals surface area contributed by atoms with E-state index < -0.39 is 11.6 Å². The maximum Gasteiger partial charge on any atom is 0.185 e. The number of benzene rings is 2. The lowest BCUT2D eigenvalue weighted by molar-refractivity contribution is 0.625. The van der Waals surface area contributed by atoms with Crippen LogP contribution in [0.15, 0.2) is 48.5 Å². The molecule has 2 aliphatic carbocycles. The zero-order valence-electron chi connectivity index (χ0n) is 24.9. The molecule has 240 valence electrons. The van der Waals surface area contributed by atoms with Crippen molar-refractivity contribution in [3.05, 3.63) is 93.1 Å². The smallest absolute Gasteiger partial charge is 0.185 e. The molecule has 0 unspecified atom stereocenters. The van der Waals surface area contributed by atoms with Gasteiger partial charge >= 0.3 is 0 Å². The number of hydrogen-bond donors (Lipinski definition) is 6. The standard InChI is InChI=1S/C16H13ClFN3.C16H16FN5.H4N2.H2O/c17-15-11(9-19)8-13(18)16(21-15)20-14-7-3-5-10-4-1-2-6-12(10)14;17-12-8-11-14(18)21-22-15(11)20-16(12)19-13-7-3-5-9-4-1-2-6-10(9)13;1-2;/h3,5,7-8H,1-2,4,6H2,(H,20,21);3,5,7-8H,1-2,4,6H2,(H4,18,19,20,21,22);1-2H2;1H2. The molecule has 0 radical (unpaired) electrons. The SMILES string of the molecule is N#Cc1cc(F)c(Nc2cccc3c2CCCC3)nc1Cl.NN.Nc1[nH]nc2nc(Nc3cccc4c3CCCC4)c(F)cc12.O. The number of fused-ring (bicyclic) bond motifs is 3. The maximum atomic E-state index is 14.3. The van der Waals surface area contributed by atoms with E-state index in [4.69, 9.17) is 22.6 Å². The number of nitrogens with two attached hydrogens (primary N) is 3. The van der Waals surface area contributed by atoms with Crippen molar-refractivity contribution < 1.29 is 14.3 Å². The molecule has 5 aromatic rings. The lowest BCUT2D eigenvalue weighted by Gasteiger charge is -2.20.